The fourth-order valence-electron chi connectivity index (χ4n) is 1.88. The van der Waals surface area contributed by atoms with Gasteiger partial charge in [0.05, 0.1) is 6.61 Å². The molecule has 0 amide bonds. The molecule has 112 valence electrons. The molecule has 0 fully saturated rings. The van der Waals surface area contributed by atoms with Crippen LogP contribution < -0.4 is 0 Å². The zero-order chi connectivity index (χ0) is 15.8. The second kappa shape index (κ2) is 7.71. The van der Waals surface area contributed by atoms with Crippen molar-refractivity contribution in [2.75, 3.05) is 6.61 Å². The van der Waals surface area contributed by atoms with Crippen LogP contribution in [0, 0.1) is 0 Å². The van der Waals surface area contributed by atoms with E-state index in [0.717, 1.165) is 11.3 Å². The Labute approximate surface area is 127 Å². The minimum absolute atomic E-state index is 0.134. The van der Waals surface area contributed by atoms with Gasteiger partial charge in [-0.1, -0.05) is 35.4 Å². The number of furan rings is 1. The Morgan fingerprint density at radius 1 is 1.32 bits per heavy atom. The van der Waals surface area contributed by atoms with E-state index in [-0.39, 0.29) is 12.3 Å². The summed E-state index contributed by atoms with van der Waals surface area (Å²) < 4.78 is 10.4. The molecule has 1 aromatic carbocycles. The smallest absolute Gasteiger partial charge is 0.340 e. The number of carbonyl (C=O) groups excluding carboxylic acids is 1. The first-order valence-electron chi connectivity index (χ1n) is 6.79. The molecule has 0 unspecified atom stereocenters. The number of esters is 1. The van der Waals surface area contributed by atoms with Gasteiger partial charge < -0.3 is 9.15 Å². The fraction of sp³-hybridized carbons (Fsp3) is 0.188. The number of carbonyl (C=O) groups is 1. The predicted octanol–water partition coefficient (Wildman–Crippen LogP) is 4.08. The van der Waals surface area contributed by atoms with Crippen molar-refractivity contribution in [3.05, 3.63) is 75.7 Å². The van der Waals surface area contributed by atoms with Crippen molar-refractivity contribution in [3.63, 3.8) is 0 Å². The van der Waals surface area contributed by atoms with Gasteiger partial charge in [-0.05, 0) is 36.2 Å². The van der Waals surface area contributed by atoms with E-state index < -0.39 is 5.97 Å². The highest BCUT2D eigenvalue weighted by molar-refractivity contribution is 5.92. The van der Waals surface area contributed by atoms with Crippen molar-refractivity contribution in [1.29, 1.82) is 0 Å². The Morgan fingerprint density at radius 3 is 2.77 bits per heavy atom. The van der Waals surface area contributed by atoms with Crippen LogP contribution in [0.15, 0.2) is 57.7 Å². The van der Waals surface area contributed by atoms with E-state index in [1.165, 1.54) is 6.08 Å². The topological polar surface area (TPSA) is 88.2 Å². The third-order valence-corrected chi connectivity index (χ3v) is 2.82. The maximum atomic E-state index is 11.6. The third-order valence-electron chi connectivity index (χ3n) is 2.82. The lowest BCUT2D eigenvalue weighted by molar-refractivity contribution is -0.138. The molecule has 0 N–H and O–H groups in total. The lowest BCUT2D eigenvalue weighted by Gasteiger charge is -2.00. The molecular formula is C16H15N3O3. The quantitative estimate of drug-likeness (QED) is 0.264. The van der Waals surface area contributed by atoms with Crippen LogP contribution in [0.5, 0.6) is 0 Å². The molecule has 1 heterocycles. The van der Waals surface area contributed by atoms with E-state index in [4.69, 9.17) is 14.7 Å². The van der Waals surface area contributed by atoms with E-state index in [1.54, 1.807) is 13.0 Å². The van der Waals surface area contributed by atoms with Crippen LogP contribution in [0.1, 0.15) is 24.0 Å². The molecule has 0 bridgehead atoms. The Morgan fingerprint density at radius 2 is 2.09 bits per heavy atom. The van der Waals surface area contributed by atoms with Crippen molar-refractivity contribution < 1.29 is 13.9 Å². The van der Waals surface area contributed by atoms with Crippen LogP contribution in [0.2, 0.25) is 0 Å². The summed E-state index contributed by atoms with van der Waals surface area (Å²) in [4.78, 5) is 14.3. The van der Waals surface area contributed by atoms with Gasteiger partial charge in [-0.2, -0.15) is 0 Å². The molecule has 0 aliphatic rings. The van der Waals surface area contributed by atoms with Gasteiger partial charge in [-0.25, -0.2) is 4.79 Å². The molecule has 0 saturated heterocycles. The Bertz CT molecular complexity index is 713. The maximum Gasteiger partial charge on any atom is 0.340 e. The molecule has 0 aliphatic carbocycles. The summed E-state index contributed by atoms with van der Waals surface area (Å²) in [6.07, 6.45) is 2.01. The first-order valence-corrected chi connectivity index (χ1v) is 6.79. The van der Waals surface area contributed by atoms with Crippen LogP contribution in [0.3, 0.4) is 0 Å². The molecule has 6 heteroatoms. The zero-order valence-electron chi connectivity index (χ0n) is 12.1. The second-order valence-corrected chi connectivity index (χ2v) is 4.41. The molecule has 22 heavy (non-hydrogen) atoms. The summed E-state index contributed by atoms with van der Waals surface area (Å²) in [5.74, 6) is 0.504. The van der Waals surface area contributed by atoms with Crippen LogP contribution in [0.25, 0.3) is 16.5 Å². The highest BCUT2D eigenvalue weighted by Crippen LogP contribution is 2.17. The number of hydrogen-bond donors (Lipinski definition) is 0. The van der Waals surface area contributed by atoms with Crippen LogP contribution in [-0.2, 0) is 16.0 Å². The summed E-state index contributed by atoms with van der Waals surface area (Å²) in [6.45, 7) is 1.88. The monoisotopic (exact) mass is 297 g/mol. The Kier molecular flexibility index (Phi) is 5.40. The Balaban J connectivity index is 2.17. The van der Waals surface area contributed by atoms with Crippen molar-refractivity contribution in [2.45, 2.75) is 13.3 Å². The molecule has 0 spiro atoms. The van der Waals surface area contributed by atoms with Gasteiger partial charge in [0, 0.05) is 11.3 Å². The third kappa shape index (κ3) is 4.26. The van der Waals surface area contributed by atoms with E-state index in [2.05, 4.69) is 10.0 Å². The number of nitrogens with zero attached hydrogens (tertiary/aromatic N) is 3. The molecule has 0 saturated carbocycles. The minimum Gasteiger partial charge on any atom is -0.462 e. The summed E-state index contributed by atoms with van der Waals surface area (Å²) in [5.41, 5.74) is 9.50. The first-order chi connectivity index (χ1) is 10.7. The lowest BCUT2D eigenvalue weighted by Crippen LogP contribution is -2.05. The summed E-state index contributed by atoms with van der Waals surface area (Å²) in [6, 6.07) is 13.4. The van der Waals surface area contributed by atoms with E-state index in [1.807, 2.05) is 36.4 Å². The first kappa shape index (κ1) is 15.4. The fourth-order valence-corrected chi connectivity index (χ4v) is 1.88. The molecule has 1 aromatic heterocycles. The predicted molar refractivity (Wildman–Crippen MR) is 81.7 cm³/mol. The van der Waals surface area contributed by atoms with Crippen LogP contribution >= 0.6 is 0 Å². The molecule has 0 radical (unpaired) electrons. The number of ether oxygens (including phenoxy) is 1. The maximum absolute atomic E-state index is 11.6. The number of rotatable bonds is 6. The average molecular weight is 297 g/mol. The molecular weight excluding hydrogens is 282 g/mol. The van der Waals surface area contributed by atoms with Crippen LogP contribution in [-0.4, -0.2) is 12.6 Å². The largest absolute Gasteiger partial charge is 0.462 e. The van der Waals surface area contributed by atoms with Gasteiger partial charge in [0.2, 0.25) is 0 Å². The lowest BCUT2D eigenvalue weighted by atomic mass is 10.1. The zero-order valence-corrected chi connectivity index (χ0v) is 12.1. The van der Waals surface area contributed by atoms with Crippen molar-refractivity contribution in [3.8, 4) is 0 Å². The highest BCUT2D eigenvalue weighted by Gasteiger charge is 2.10. The highest BCUT2D eigenvalue weighted by atomic mass is 16.5. The molecule has 0 atom stereocenters. The van der Waals surface area contributed by atoms with E-state index in [9.17, 15) is 4.79 Å². The number of benzene rings is 1. The van der Waals surface area contributed by atoms with Gasteiger partial charge >= 0.3 is 5.97 Å². The minimum atomic E-state index is -0.679. The van der Waals surface area contributed by atoms with E-state index >= 15 is 0 Å². The van der Waals surface area contributed by atoms with Gasteiger partial charge in [-0.15, -0.1) is 0 Å². The molecule has 2 aromatic rings. The molecule has 0 aliphatic heterocycles. The summed E-state index contributed by atoms with van der Waals surface area (Å²) in [5, 5.41) is 3.34. The van der Waals surface area contributed by atoms with Crippen molar-refractivity contribution >= 4 is 12.0 Å². The second-order valence-electron chi connectivity index (χ2n) is 4.41. The molecule has 2 rings (SSSR count). The normalized spacial score (nSPS) is 10.9. The summed E-state index contributed by atoms with van der Waals surface area (Å²) >= 11 is 0. The van der Waals surface area contributed by atoms with Crippen molar-refractivity contribution in [2.24, 2.45) is 5.11 Å². The van der Waals surface area contributed by atoms with Gasteiger partial charge in [0.25, 0.3) is 0 Å². The summed E-state index contributed by atoms with van der Waals surface area (Å²) in [7, 11) is 0. The number of hydrogen-bond acceptors (Lipinski definition) is 4. The molecule has 6 nitrogen and oxygen atoms in total. The van der Waals surface area contributed by atoms with Crippen molar-refractivity contribution in [1.82, 2.24) is 0 Å². The van der Waals surface area contributed by atoms with Gasteiger partial charge in [-0.3, -0.25) is 0 Å². The standard InChI is InChI=1S/C16H15N3O3/c1-2-21-16(20)15(18-19-17)11-14-9-8-13(22-14)10-12-6-4-3-5-7-12/h3-9,11H,2,10H2,1H3. The van der Waals surface area contributed by atoms with Crippen LogP contribution in [0.4, 0.5) is 0 Å². The van der Waals surface area contributed by atoms with E-state index in [0.29, 0.717) is 12.2 Å². The SMILES string of the molecule is CCOC(=O)C(=Cc1ccc(Cc2ccccc2)o1)N=[N+]=[N-]. The van der Waals surface area contributed by atoms with Gasteiger partial charge in [0.15, 0.2) is 0 Å². The average Bonchev–Trinajstić information content (AvgIpc) is 2.95. The van der Waals surface area contributed by atoms with Gasteiger partial charge in [0.1, 0.15) is 17.2 Å². The Hall–Kier alpha value is -2.98. The number of azide groups is 1.